The van der Waals surface area contributed by atoms with Gasteiger partial charge in [0.05, 0.1) is 6.42 Å². The highest BCUT2D eigenvalue weighted by molar-refractivity contribution is 5.98. The summed E-state index contributed by atoms with van der Waals surface area (Å²) in [5.74, 6) is -0.312. The summed E-state index contributed by atoms with van der Waals surface area (Å²) in [6.45, 7) is 2.31. The molecule has 4 heteroatoms. The molecule has 2 rings (SSSR count). The van der Waals surface area contributed by atoms with E-state index in [0.29, 0.717) is 6.54 Å². The number of likely N-dealkylation sites (tertiary alicyclic amines) is 1. The minimum Gasteiger partial charge on any atom is -0.326 e. The molecule has 1 aromatic carbocycles. The average Bonchev–Trinajstić information content (AvgIpc) is 2.61. The number of benzene rings is 1. The lowest BCUT2D eigenvalue weighted by Crippen LogP contribution is -2.35. The summed E-state index contributed by atoms with van der Waals surface area (Å²) in [4.78, 5) is 24.8. The van der Waals surface area contributed by atoms with Crippen LogP contribution in [0.4, 0.5) is 0 Å². The standard InChI is InChI=1S/C13H16N2O2/c1-9-4-2-3-5-10(9)6-12(16)15-8-11(14)7-13(15)17/h2-5,11H,6-8,14H2,1H3. The van der Waals surface area contributed by atoms with E-state index in [2.05, 4.69) is 0 Å². The van der Waals surface area contributed by atoms with Crippen molar-refractivity contribution in [2.75, 3.05) is 6.54 Å². The Hall–Kier alpha value is -1.68. The van der Waals surface area contributed by atoms with Crippen LogP contribution in [0.25, 0.3) is 0 Å². The molecule has 0 aliphatic carbocycles. The van der Waals surface area contributed by atoms with Gasteiger partial charge in [0.25, 0.3) is 0 Å². The molecule has 1 saturated heterocycles. The molecule has 1 atom stereocenters. The smallest absolute Gasteiger partial charge is 0.233 e. The summed E-state index contributed by atoms with van der Waals surface area (Å²) in [5, 5.41) is 0. The zero-order valence-corrected chi connectivity index (χ0v) is 9.85. The predicted octanol–water partition coefficient (Wildman–Crippen LogP) is 0.624. The van der Waals surface area contributed by atoms with Crippen LogP contribution in [0.3, 0.4) is 0 Å². The highest BCUT2D eigenvalue weighted by atomic mass is 16.2. The van der Waals surface area contributed by atoms with E-state index >= 15 is 0 Å². The Morgan fingerprint density at radius 1 is 1.47 bits per heavy atom. The zero-order valence-electron chi connectivity index (χ0n) is 9.85. The molecule has 1 aliphatic heterocycles. The number of rotatable bonds is 2. The maximum atomic E-state index is 12.0. The lowest BCUT2D eigenvalue weighted by atomic mass is 10.1. The van der Waals surface area contributed by atoms with Crippen LogP contribution in [0.1, 0.15) is 17.5 Å². The Morgan fingerprint density at radius 3 is 2.76 bits per heavy atom. The van der Waals surface area contributed by atoms with Crippen molar-refractivity contribution < 1.29 is 9.59 Å². The molecule has 0 spiro atoms. The molecule has 0 saturated carbocycles. The Labute approximate surface area is 100 Å². The van der Waals surface area contributed by atoms with Crippen LogP contribution in [-0.2, 0) is 16.0 Å². The van der Waals surface area contributed by atoms with Gasteiger partial charge in [-0.25, -0.2) is 0 Å². The summed E-state index contributed by atoms with van der Waals surface area (Å²) in [5.41, 5.74) is 7.69. The van der Waals surface area contributed by atoms with Gasteiger partial charge in [-0.3, -0.25) is 14.5 Å². The number of carbonyl (C=O) groups is 2. The molecule has 2 amide bonds. The number of carbonyl (C=O) groups excluding carboxylic acids is 2. The maximum Gasteiger partial charge on any atom is 0.233 e. The van der Waals surface area contributed by atoms with Crippen LogP contribution in [0, 0.1) is 6.92 Å². The topological polar surface area (TPSA) is 63.4 Å². The second kappa shape index (κ2) is 4.67. The molecular weight excluding hydrogens is 216 g/mol. The van der Waals surface area contributed by atoms with Crippen molar-refractivity contribution in [3.05, 3.63) is 35.4 Å². The molecule has 2 N–H and O–H groups in total. The summed E-state index contributed by atoms with van der Waals surface area (Å²) in [6, 6.07) is 7.49. The first kappa shape index (κ1) is 11.8. The molecule has 0 bridgehead atoms. The van der Waals surface area contributed by atoms with Crippen molar-refractivity contribution >= 4 is 11.8 Å². The maximum absolute atomic E-state index is 12.0. The lowest BCUT2D eigenvalue weighted by Gasteiger charge is -2.14. The van der Waals surface area contributed by atoms with E-state index in [9.17, 15) is 9.59 Å². The van der Waals surface area contributed by atoms with Gasteiger partial charge in [0.2, 0.25) is 11.8 Å². The van der Waals surface area contributed by atoms with Crippen LogP contribution in [0.15, 0.2) is 24.3 Å². The van der Waals surface area contributed by atoms with E-state index < -0.39 is 0 Å². The van der Waals surface area contributed by atoms with Crippen LogP contribution in [0.5, 0.6) is 0 Å². The van der Waals surface area contributed by atoms with Gasteiger partial charge in [-0.05, 0) is 18.1 Å². The number of hydrogen-bond acceptors (Lipinski definition) is 3. The van der Waals surface area contributed by atoms with E-state index in [4.69, 9.17) is 5.73 Å². The average molecular weight is 232 g/mol. The number of nitrogens with zero attached hydrogens (tertiary/aromatic N) is 1. The SMILES string of the molecule is Cc1ccccc1CC(=O)N1CC(N)CC1=O. The van der Waals surface area contributed by atoms with E-state index in [0.717, 1.165) is 11.1 Å². The molecule has 1 heterocycles. The zero-order chi connectivity index (χ0) is 12.4. The first-order valence-corrected chi connectivity index (χ1v) is 5.71. The third-order valence-corrected chi connectivity index (χ3v) is 3.06. The first-order valence-electron chi connectivity index (χ1n) is 5.71. The van der Waals surface area contributed by atoms with Gasteiger partial charge in [0, 0.05) is 19.0 Å². The monoisotopic (exact) mass is 232 g/mol. The fourth-order valence-corrected chi connectivity index (χ4v) is 2.04. The van der Waals surface area contributed by atoms with Crippen LogP contribution in [0.2, 0.25) is 0 Å². The molecule has 90 valence electrons. The van der Waals surface area contributed by atoms with Gasteiger partial charge >= 0.3 is 0 Å². The van der Waals surface area contributed by atoms with Crippen molar-refractivity contribution in [2.24, 2.45) is 5.73 Å². The van der Waals surface area contributed by atoms with Gasteiger partial charge in [-0.15, -0.1) is 0 Å². The Morgan fingerprint density at radius 2 is 2.18 bits per heavy atom. The van der Waals surface area contributed by atoms with Crippen LogP contribution >= 0.6 is 0 Å². The fourth-order valence-electron chi connectivity index (χ4n) is 2.04. The molecule has 4 nitrogen and oxygen atoms in total. The van der Waals surface area contributed by atoms with E-state index in [1.165, 1.54) is 4.90 Å². The van der Waals surface area contributed by atoms with Gasteiger partial charge in [-0.2, -0.15) is 0 Å². The summed E-state index contributed by atoms with van der Waals surface area (Å²) < 4.78 is 0. The quantitative estimate of drug-likeness (QED) is 0.813. The third-order valence-electron chi connectivity index (χ3n) is 3.06. The minimum absolute atomic E-state index is 0.155. The normalized spacial score (nSPS) is 19.8. The van der Waals surface area contributed by atoms with Crippen LogP contribution < -0.4 is 5.73 Å². The molecule has 1 fully saturated rings. The van der Waals surface area contributed by atoms with E-state index in [1.54, 1.807) is 0 Å². The highest BCUT2D eigenvalue weighted by Crippen LogP contribution is 2.14. The predicted molar refractivity (Wildman–Crippen MR) is 64.2 cm³/mol. The van der Waals surface area contributed by atoms with Crippen molar-refractivity contribution in [2.45, 2.75) is 25.8 Å². The number of amides is 2. The molecule has 1 aromatic rings. The van der Waals surface area contributed by atoms with Gasteiger partial charge in [0.1, 0.15) is 0 Å². The second-order valence-electron chi connectivity index (χ2n) is 4.47. The summed E-state index contributed by atoms with van der Waals surface area (Å²) in [7, 11) is 0. The number of aryl methyl sites for hydroxylation is 1. The van der Waals surface area contributed by atoms with Crippen molar-refractivity contribution in [1.82, 2.24) is 4.90 Å². The summed E-state index contributed by atoms with van der Waals surface area (Å²) >= 11 is 0. The van der Waals surface area contributed by atoms with Crippen molar-refractivity contribution in [1.29, 1.82) is 0 Å². The number of hydrogen-bond donors (Lipinski definition) is 1. The third kappa shape index (κ3) is 2.53. The van der Waals surface area contributed by atoms with Gasteiger partial charge in [0.15, 0.2) is 0 Å². The highest BCUT2D eigenvalue weighted by Gasteiger charge is 2.31. The van der Waals surface area contributed by atoms with E-state index in [-0.39, 0.29) is 30.7 Å². The molecule has 1 unspecified atom stereocenters. The van der Waals surface area contributed by atoms with Gasteiger partial charge in [-0.1, -0.05) is 24.3 Å². The Kier molecular flexibility index (Phi) is 3.24. The minimum atomic E-state index is -0.205. The fraction of sp³-hybridized carbons (Fsp3) is 0.385. The second-order valence-corrected chi connectivity index (χ2v) is 4.47. The molecular formula is C13H16N2O2. The largest absolute Gasteiger partial charge is 0.326 e. The first-order chi connectivity index (χ1) is 8.08. The molecule has 1 aliphatic rings. The molecule has 0 aromatic heterocycles. The Bertz CT molecular complexity index is 456. The molecule has 0 radical (unpaired) electrons. The summed E-state index contributed by atoms with van der Waals surface area (Å²) in [6.07, 6.45) is 0.546. The number of imide groups is 1. The van der Waals surface area contributed by atoms with Gasteiger partial charge < -0.3 is 5.73 Å². The Balaban J connectivity index is 2.08. The van der Waals surface area contributed by atoms with Crippen molar-refractivity contribution in [3.8, 4) is 0 Å². The number of nitrogens with two attached hydrogens (primary N) is 1. The van der Waals surface area contributed by atoms with E-state index in [1.807, 2.05) is 31.2 Å². The van der Waals surface area contributed by atoms with Crippen LogP contribution in [-0.4, -0.2) is 29.3 Å². The van der Waals surface area contributed by atoms with Crippen molar-refractivity contribution in [3.63, 3.8) is 0 Å². The lowest BCUT2D eigenvalue weighted by molar-refractivity contribution is -0.141. The molecule has 17 heavy (non-hydrogen) atoms.